The van der Waals surface area contributed by atoms with E-state index in [-0.39, 0.29) is 5.91 Å². The number of fused-ring (bicyclic) bond motifs is 1. The highest BCUT2D eigenvalue weighted by Gasteiger charge is 2.17. The molecule has 0 spiro atoms. The van der Waals surface area contributed by atoms with Gasteiger partial charge in [0.15, 0.2) is 0 Å². The first-order chi connectivity index (χ1) is 13.1. The molecule has 0 aliphatic carbocycles. The molecule has 2 aromatic rings. The number of alkyl halides is 1. The van der Waals surface area contributed by atoms with Crippen LogP contribution in [0.15, 0.2) is 42.6 Å². The van der Waals surface area contributed by atoms with Gasteiger partial charge in [0.25, 0.3) is 0 Å². The van der Waals surface area contributed by atoms with Gasteiger partial charge in [-0.1, -0.05) is 47.5 Å². The predicted molar refractivity (Wildman–Crippen MR) is 112 cm³/mol. The molecule has 0 radical (unpaired) electrons. The number of nitrogens with zero attached hydrogens (tertiary/aromatic N) is 1. The molecule has 1 aromatic heterocycles. The fraction of sp³-hybridized carbons (Fsp3) is 0.429. The van der Waals surface area contributed by atoms with E-state index in [0.717, 1.165) is 23.7 Å². The maximum atomic E-state index is 12.7. The minimum atomic E-state index is -0.491. The Kier molecular flexibility index (Phi) is 8.58. The van der Waals surface area contributed by atoms with Crippen molar-refractivity contribution in [3.05, 3.63) is 48.2 Å². The van der Waals surface area contributed by atoms with E-state index in [9.17, 15) is 9.59 Å². The van der Waals surface area contributed by atoms with Gasteiger partial charge in [0.2, 0.25) is 5.91 Å². The SMILES string of the molecule is CCOC(=O)/C=C/C(=O)N(CCc1c[nH]c2ccccc12)C[C@H](CC)CBr. The maximum absolute atomic E-state index is 12.7. The molecule has 0 fully saturated rings. The van der Waals surface area contributed by atoms with Crippen LogP contribution in [0.2, 0.25) is 0 Å². The summed E-state index contributed by atoms with van der Waals surface area (Å²) < 4.78 is 4.85. The lowest BCUT2D eigenvalue weighted by atomic mass is 10.1. The van der Waals surface area contributed by atoms with Gasteiger partial charge in [-0.3, -0.25) is 4.79 Å². The van der Waals surface area contributed by atoms with Crippen LogP contribution in [-0.2, 0) is 20.7 Å². The van der Waals surface area contributed by atoms with Crippen molar-refractivity contribution >= 4 is 38.7 Å². The molecule has 1 amide bonds. The topological polar surface area (TPSA) is 62.4 Å². The summed E-state index contributed by atoms with van der Waals surface area (Å²) in [5, 5.41) is 2.02. The van der Waals surface area contributed by atoms with E-state index in [1.54, 1.807) is 6.92 Å². The standard InChI is InChI=1S/C21H27BrN2O3/c1-3-16(13-22)15-24(20(25)9-10-21(26)27-4-2)12-11-17-14-23-19-8-6-5-7-18(17)19/h5-10,14,16,23H,3-4,11-13,15H2,1-2H3/b10-9+/t16-/m1/s1. The van der Waals surface area contributed by atoms with Crippen molar-refractivity contribution in [3.63, 3.8) is 0 Å². The van der Waals surface area contributed by atoms with E-state index >= 15 is 0 Å². The van der Waals surface area contributed by atoms with E-state index < -0.39 is 5.97 Å². The van der Waals surface area contributed by atoms with Gasteiger partial charge in [-0.2, -0.15) is 0 Å². The molecule has 0 aliphatic rings. The predicted octanol–water partition coefficient (Wildman–Crippen LogP) is 4.08. The summed E-state index contributed by atoms with van der Waals surface area (Å²) in [6.45, 7) is 5.39. The van der Waals surface area contributed by atoms with Crippen molar-refractivity contribution < 1.29 is 14.3 Å². The lowest BCUT2D eigenvalue weighted by Gasteiger charge is -2.25. The van der Waals surface area contributed by atoms with Gasteiger partial charge in [-0.05, 0) is 30.9 Å². The zero-order valence-corrected chi connectivity index (χ0v) is 17.5. The molecule has 27 heavy (non-hydrogen) atoms. The zero-order chi connectivity index (χ0) is 19.6. The van der Waals surface area contributed by atoms with Crippen molar-refractivity contribution in [2.24, 2.45) is 5.92 Å². The third-order valence-electron chi connectivity index (χ3n) is 4.56. The zero-order valence-electron chi connectivity index (χ0n) is 15.9. The molecule has 146 valence electrons. The normalized spacial score (nSPS) is 12.4. The molecule has 0 unspecified atom stereocenters. The lowest BCUT2D eigenvalue weighted by molar-refractivity contribution is -0.137. The largest absolute Gasteiger partial charge is 0.463 e. The van der Waals surface area contributed by atoms with Crippen LogP contribution in [0.5, 0.6) is 0 Å². The number of halogens is 1. The van der Waals surface area contributed by atoms with Gasteiger partial charge in [0, 0.05) is 47.7 Å². The van der Waals surface area contributed by atoms with Gasteiger partial charge in [-0.15, -0.1) is 0 Å². The number of H-pyrrole nitrogens is 1. The van der Waals surface area contributed by atoms with Crippen LogP contribution in [0.4, 0.5) is 0 Å². The Morgan fingerprint density at radius 3 is 2.74 bits per heavy atom. The number of esters is 1. The third kappa shape index (κ3) is 6.24. The smallest absolute Gasteiger partial charge is 0.330 e. The number of aromatic nitrogens is 1. The van der Waals surface area contributed by atoms with Crippen LogP contribution >= 0.6 is 15.9 Å². The van der Waals surface area contributed by atoms with Gasteiger partial charge < -0.3 is 14.6 Å². The molecule has 1 N–H and O–H groups in total. The second-order valence-corrected chi connectivity index (χ2v) is 7.06. The first-order valence-corrected chi connectivity index (χ1v) is 10.5. The molecule has 1 atom stereocenters. The summed E-state index contributed by atoms with van der Waals surface area (Å²) in [4.78, 5) is 29.2. The number of para-hydroxylation sites is 1. The minimum Gasteiger partial charge on any atom is -0.463 e. The fourth-order valence-electron chi connectivity index (χ4n) is 2.92. The minimum absolute atomic E-state index is 0.165. The summed E-state index contributed by atoms with van der Waals surface area (Å²) in [7, 11) is 0. The van der Waals surface area contributed by atoms with E-state index in [2.05, 4.69) is 33.9 Å². The number of rotatable bonds is 10. The molecule has 0 aliphatic heterocycles. The monoisotopic (exact) mass is 434 g/mol. The summed E-state index contributed by atoms with van der Waals surface area (Å²) in [6.07, 6.45) is 6.25. The van der Waals surface area contributed by atoms with Gasteiger partial charge in [0.05, 0.1) is 6.61 Å². The number of nitrogens with one attached hydrogen (secondary N) is 1. The first-order valence-electron chi connectivity index (χ1n) is 9.33. The van der Waals surface area contributed by atoms with Crippen molar-refractivity contribution in [1.29, 1.82) is 0 Å². The van der Waals surface area contributed by atoms with Crippen LogP contribution in [0.3, 0.4) is 0 Å². The van der Waals surface area contributed by atoms with E-state index in [1.807, 2.05) is 29.3 Å². The number of carbonyl (C=O) groups is 2. The number of hydrogen-bond acceptors (Lipinski definition) is 3. The molecule has 0 saturated heterocycles. The summed E-state index contributed by atoms with van der Waals surface area (Å²) in [5.41, 5.74) is 2.28. The van der Waals surface area contributed by atoms with Crippen LogP contribution in [-0.4, -0.2) is 46.8 Å². The third-order valence-corrected chi connectivity index (χ3v) is 5.48. The summed E-state index contributed by atoms with van der Waals surface area (Å²) in [5.74, 6) is -0.287. The summed E-state index contributed by atoms with van der Waals surface area (Å²) in [6, 6.07) is 8.15. The van der Waals surface area contributed by atoms with E-state index in [0.29, 0.717) is 25.6 Å². The maximum Gasteiger partial charge on any atom is 0.330 e. The Balaban J connectivity index is 2.09. The molecule has 1 aromatic carbocycles. The Morgan fingerprint density at radius 1 is 1.26 bits per heavy atom. The van der Waals surface area contributed by atoms with Crippen molar-refractivity contribution in [2.45, 2.75) is 26.7 Å². The molecular weight excluding hydrogens is 408 g/mol. The second kappa shape index (κ2) is 10.9. The molecule has 0 saturated carbocycles. The van der Waals surface area contributed by atoms with Crippen LogP contribution < -0.4 is 0 Å². The van der Waals surface area contributed by atoms with Crippen LogP contribution in [0.25, 0.3) is 10.9 Å². The number of aromatic amines is 1. The van der Waals surface area contributed by atoms with E-state index in [1.165, 1.54) is 23.1 Å². The number of carbonyl (C=O) groups excluding carboxylic acids is 2. The number of amides is 1. The average Bonchev–Trinajstić information content (AvgIpc) is 3.10. The highest BCUT2D eigenvalue weighted by Crippen LogP contribution is 2.19. The highest BCUT2D eigenvalue weighted by molar-refractivity contribution is 9.09. The first kappa shape index (κ1) is 21.2. The molecule has 2 rings (SSSR count). The fourth-order valence-corrected chi connectivity index (χ4v) is 3.58. The van der Waals surface area contributed by atoms with Crippen molar-refractivity contribution in [3.8, 4) is 0 Å². The van der Waals surface area contributed by atoms with Gasteiger partial charge >= 0.3 is 5.97 Å². The molecule has 1 heterocycles. The molecular formula is C21H27BrN2O3. The number of ether oxygens (including phenoxy) is 1. The Labute approximate surface area is 168 Å². The quantitative estimate of drug-likeness (QED) is 0.348. The number of benzene rings is 1. The van der Waals surface area contributed by atoms with Crippen LogP contribution in [0.1, 0.15) is 25.8 Å². The second-order valence-electron chi connectivity index (χ2n) is 6.41. The average molecular weight is 435 g/mol. The van der Waals surface area contributed by atoms with Gasteiger partial charge in [-0.25, -0.2) is 4.79 Å². The number of hydrogen-bond donors (Lipinski definition) is 1. The lowest BCUT2D eigenvalue weighted by Crippen LogP contribution is -2.36. The highest BCUT2D eigenvalue weighted by atomic mass is 79.9. The Bertz CT molecular complexity index is 781. The van der Waals surface area contributed by atoms with Crippen molar-refractivity contribution in [1.82, 2.24) is 9.88 Å². The van der Waals surface area contributed by atoms with Gasteiger partial charge in [0.1, 0.15) is 0 Å². The molecule has 5 nitrogen and oxygen atoms in total. The van der Waals surface area contributed by atoms with Crippen molar-refractivity contribution in [2.75, 3.05) is 25.0 Å². The molecule has 6 heteroatoms. The Hall–Kier alpha value is -2.08. The summed E-state index contributed by atoms with van der Waals surface area (Å²) >= 11 is 3.52. The Morgan fingerprint density at radius 2 is 2.04 bits per heavy atom. The molecule has 0 bridgehead atoms. The van der Waals surface area contributed by atoms with E-state index in [4.69, 9.17) is 4.74 Å². The van der Waals surface area contributed by atoms with Crippen LogP contribution in [0, 0.1) is 5.92 Å².